The molecule has 0 fully saturated rings. The Balaban J connectivity index is 2.69. The second-order valence-electron chi connectivity index (χ2n) is 4.69. The van der Waals surface area contributed by atoms with Crippen LogP contribution in [0.4, 0.5) is 13.2 Å². The number of carbonyl (C=O) groups is 1. The van der Waals surface area contributed by atoms with Crippen molar-refractivity contribution in [1.82, 2.24) is 10.6 Å². The topological polar surface area (TPSA) is 64.9 Å². The van der Waals surface area contributed by atoms with Gasteiger partial charge >= 0.3 is 6.18 Å². The van der Waals surface area contributed by atoms with Crippen LogP contribution in [0, 0.1) is 11.3 Å². The lowest BCUT2D eigenvalue weighted by Gasteiger charge is -2.17. The van der Waals surface area contributed by atoms with E-state index in [2.05, 4.69) is 10.6 Å². The van der Waals surface area contributed by atoms with Crippen molar-refractivity contribution in [2.75, 3.05) is 6.54 Å². The molecule has 0 aliphatic carbocycles. The van der Waals surface area contributed by atoms with Crippen molar-refractivity contribution in [1.29, 1.82) is 5.26 Å². The van der Waals surface area contributed by atoms with Crippen molar-refractivity contribution in [3.63, 3.8) is 0 Å². The summed E-state index contributed by atoms with van der Waals surface area (Å²) in [4.78, 5) is 10.9. The highest BCUT2D eigenvalue weighted by Gasteiger charge is 2.30. The monoisotopic (exact) mass is 299 g/mol. The first-order chi connectivity index (χ1) is 9.74. The molecule has 4 nitrogen and oxygen atoms in total. The molecule has 2 N–H and O–H groups in total. The number of carbonyl (C=O) groups excluding carboxylic acids is 1. The van der Waals surface area contributed by atoms with Gasteiger partial charge in [0.25, 0.3) is 0 Å². The maximum Gasteiger partial charge on any atom is 0.416 e. The van der Waals surface area contributed by atoms with Gasteiger partial charge in [0.1, 0.15) is 6.04 Å². The summed E-state index contributed by atoms with van der Waals surface area (Å²) >= 11 is 0. The van der Waals surface area contributed by atoms with E-state index < -0.39 is 17.8 Å². The van der Waals surface area contributed by atoms with Crippen LogP contribution in [0.3, 0.4) is 0 Å². The molecule has 114 valence electrons. The minimum atomic E-state index is -4.39. The van der Waals surface area contributed by atoms with Crippen molar-refractivity contribution >= 4 is 5.91 Å². The predicted octanol–water partition coefficient (Wildman–Crippen LogP) is 2.38. The Morgan fingerprint density at radius 3 is 2.33 bits per heavy atom. The SMILES string of the molecule is CC(=O)NC(C)CNC(C#N)c1ccc(C(F)(F)F)cc1. The Labute approximate surface area is 121 Å². The lowest BCUT2D eigenvalue weighted by atomic mass is 10.1. The summed E-state index contributed by atoms with van der Waals surface area (Å²) in [5.41, 5.74) is -0.310. The van der Waals surface area contributed by atoms with E-state index in [1.807, 2.05) is 6.07 Å². The van der Waals surface area contributed by atoms with Crippen molar-refractivity contribution in [2.24, 2.45) is 0 Å². The molecule has 0 bridgehead atoms. The maximum atomic E-state index is 12.5. The van der Waals surface area contributed by atoms with Gasteiger partial charge in [-0.3, -0.25) is 10.1 Å². The first-order valence-corrected chi connectivity index (χ1v) is 6.31. The molecule has 0 saturated carbocycles. The van der Waals surface area contributed by atoms with Crippen LogP contribution in [0.25, 0.3) is 0 Å². The van der Waals surface area contributed by atoms with Gasteiger partial charge in [0, 0.05) is 19.5 Å². The molecule has 1 aromatic rings. The minimum absolute atomic E-state index is 0.187. The average molecular weight is 299 g/mol. The number of rotatable bonds is 5. The highest BCUT2D eigenvalue weighted by molar-refractivity contribution is 5.73. The molecule has 0 radical (unpaired) electrons. The van der Waals surface area contributed by atoms with Crippen LogP contribution in [0.1, 0.15) is 31.0 Å². The van der Waals surface area contributed by atoms with E-state index >= 15 is 0 Å². The molecule has 0 aromatic heterocycles. The number of alkyl halides is 3. The fourth-order valence-electron chi connectivity index (χ4n) is 1.80. The fourth-order valence-corrected chi connectivity index (χ4v) is 1.80. The van der Waals surface area contributed by atoms with Gasteiger partial charge in [-0.05, 0) is 24.6 Å². The van der Waals surface area contributed by atoms with E-state index in [1.54, 1.807) is 6.92 Å². The molecule has 0 saturated heterocycles. The van der Waals surface area contributed by atoms with Crippen LogP contribution in [0.5, 0.6) is 0 Å². The first-order valence-electron chi connectivity index (χ1n) is 6.31. The van der Waals surface area contributed by atoms with Crippen LogP contribution in [0.15, 0.2) is 24.3 Å². The normalized spacial score (nSPS) is 14.1. The summed E-state index contributed by atoms with van der Waals surface area (Å²) in [5, 5.41) is 14.6. The third-order valence-corrected chi connectivity index (χ3v) is 2.78. The highest BCUT2D eigenvalue weighted by Crippen LogP contribution is 2.29. The smallest absolute Gasteiger partial charge is 0.353 e. The van der Waals surface area contributed by atoms with Crippen LogP contribution >= 0.6 is 0 Å². The molecule has 7 heteroatoms. The van der Waals surface area contributed by atoms with Crippen LogP contribution in [0.2, 0.25) is 0 Å². The van der Waals surface area contributed by atoms with Gasteiger partial charge in [0.15, 0.2) is 0 Å². The van der Waals surface area contributed by atoms with E-state index in [0.29, 0.717) is 12.1 Å². The first kappa shape index (κ1) is 17.0. The number of amides is 1. The molecule has 2 unspecified atom stereocenters. The zero-order valence-electron chi connectivity index (χ0n) is 11.7. The lowest BCUT2D eigenvalue weighted by molar-refractivity contribution is -0.137. The molecule has 0 aliphatic rings. The third-order valence-electron chi connectivity index (χ3n) is 2.78. The third kappa shape index (κ3) is 5.44. The van der Waals surface area contributed by atoms with E-state index in [-0.39, 0.29) is 11.9 Å². The van der Waals surface area contributed by atoms with Gasteiger partial charge in [-0.1, -0.05) is 12.1 Å². The van der Waals surface area contributed by atoms with Gasteiger partial charge in [-0.2, -0.15) is 18.4 Å². The van der Waals surface area contributed by atoms with Crippen LogP contribution in [-0.2, 0) is 11.0 Å². The van der Waals surface area contributed by atoms with Gasteiger partial charge < -0.3 is 5.32 Å². The molecule has 2 atom stereocenters. The van der Waals surface area contributed by atoms with Crippen molar-refractivity contribution in [3.8, 4) is 6.07 Å². The molecule has 0 spiro atoms. The summed E-state index contributed by atoms with van der Waals surface area (Å²) in [5.74, 6) is -0.188. The fraction of sp³-hybridized carbons (Fsp3) is 0.429. The van der Waals surface area contributed by atoms with Gasteiger partial charge in [-0.15, -0.1) is 0 Å². The second kappa shape index (κ2) is 7.09. The Bertz CT molecular complexity index is 520. The molecular weight excluding hydrogens is 283 g/mol. The van der Waals surface area contributed by atoms with Crippen molar-refractivity contribution in [2.45, 2.75) is 32.1 Å². The zero-order valence-corrected chi connectivity index (χ0v) is 11.7. The molecule has 0 heterocycles. The van der Waals surface area contributed by atoms with Gasteiger partial charge in [-0.25, -0.2) is 0 Å². The van der Waals surface area contributed by atoms with E-state index in [1.165, 1.54) is 19.1 Å². The Hall–Kier alpha value is -2.07. The van der Waals surface area contributed by atoms with E-state index in [0.717, 1.165) is 12.1 Å². The number of halogens is 3. The summed E-state index contributed by atoms with van der Waals surface area (Å²) in [6, 6.07) is 5.49. The lowest BCUT2D eigenvalue weighted by Crippen LogP contribution is -2.39. The number of hydrogen-bond acceptors (Lipinski definition) is 3. The molecule has 1 amide bonds. The molecular formula is C14H16F3N3O. The van der Waals surface area contributed by atoms with E-state index in [4.69, 9.17) is 5.26 Å². The number of hydrogen-bond donors (Lipinski definition) is 2. The van der Waals surface area contributed by atoms with Crippen LogP contribution < -0.4 is 10.6 Å². The highest BCUT2D eigenvalue weighted by atomic mass is 19.4. The van der Waals surface area contributed by atoms with Crippen LogP contribution in [-0.4, -0.2) is 18.5 Å². The molecule has 1 rings (SSSR count). The largest absolute Gasteiger partial charge is 0.416 e. The maximum absolute atomic E-state index is 12.5. The zero-order chi connectivity index (χ0) is 16.0. The van der Waals surface area contributed by atoms with E-state index in [9.17, 15) is 18.0 Å². The number of nitrogens with one attached hydrogen (secondary N) is 2. The summed E-state index contributed by atoms with van der Waals surface area (Å²) in [6.07, 6.45) is -4.39. The molecule has 21 heavy (non-hydrogen) atoms. The second-order valence-corrected chi connectivity index (χ2v) is 4.69. The van der Waals surface area contributed by atoms with Crippen molar-refractivity contribution in [3.05, 3.63) is 35.4 Å². The number of nitrogens with zero attached hydrogens (tertiary/aromatic N) is 1. The Morgan fingerprint density at radius 2 is 1.90 bits per heavy atom. The summed E-state index contributed by atoms with van der Waals surface area (Å²) < 4.78 is 37.4. The summed E-state index contributed by atoms with van der Waals surface area (Å²) in [6.45, 7) is 3.47. The molecule has 0 aliphatic heterocycles. The number of nitriles is 1. The number of benzene rings is 1. The summed E-state index contributed by atoms with van der Waals surface area (Å²) in [7, 11) is 0. The van der Waals surface area contributed by atoms with Gasteiger partial charge in [0.2, 0.25) is 5.91 Å². The van der Waals surface area contributed by atoms with Crippen molar-refractivity contribution < 1.29 is 18.0 Å². The standard InChI is InChI=1S/C14H16F3N3O/c1-9(20-10(2)21)8-19-13(7-18)11-3-5-12(6-4-11)14(15,16)17/h3-6,9,13,19H,8H2,1-2H3,(H,20,21). The Kier molecular flexibility index (Phi) is 5.73. The quantitative estimate of drug-likeness (QED) is 0.877. The predicted molar refractivity (Wildman–Crippen MR) is 71.1 cm³/mol. The average Bonchev–Trinajstić information content (AvgIpc) is 2.38. The molecule has 1 aromatic carbocycles. The minimum Gasteiger partial charge on any atom is -0.353 e. The Morgan fingerprint density at radius 1 is 1.33 bits per heavy atom. The van der Waals surface area contributed by atoms with Gasteiger partial charge in [0.05, 0.1) is 11.6 Å².